The molecule has 134 valence electrons. The summed E-state index contributed by atoms with van der Waals surface area (Å²) < 4.78 is 23.6. The molecule has 7 heteroatoms. The Morgan fingerprint density at radius 1 is 1.24 bits per heavy atom. The fraction of sp³-hybridized carbons (Fsp3) is 0.278. The molecule has 0 aliphatic rings. The molecule has 0 aromatic heterocycles. The van der Waals surface area contributed by atoms with Crippen LogP contribution in [0.4, 0.5) is 9.18 Å². The van der Waals surface area contributed by atoms with E-state index in [0.717, 1.165) is 11.6 Å². The fourth-order valence-corrected chi connectivity index (χ4v) is 2.24. The van der Waals surface area contributed by atoms with Crippen LogP contribution in [0.25, 0.3) is 0 Å². The molecule has 3 N–H and O–H groups in total. The first-order valence-corrected chi connectivity index (χ1v) is 7.64. The second-order valence-electron chi connectivity index (χ2n) is 5.33. The number of alkyl carbamates (subject to hydrolysis) is 1. The number of aliphatic hydroxyl groups excluding tert-OH is 2. The molecular formula is C18H20FNO5. The van der Waals surface area contributed by atoms with Crippen LogP contribution < -0.4 is 10.1 Å². The summed E-state index contributed by atoms with van der Waals surface area (Å²) in [4.78, 5) is 11.8. The number of hydrogen-bond donors (Lipinski definition) is 3. The Hall–Kier alpha value is -2.64. The lowest BCUT2D eigenvalue weighted by Gasteiger charge is -2.22. The summed E-state index contributed by atoms with van der Waals surface area (Å²) in [6.45, 7) is -0.493. The minimum atomic E-state index is -1.31. The Balaban J connectivity index is 1.96. The summed E-state index contributed by atoms with van der Waals surface area (Å²) in [5.74, 6) is -0.617. The van der Waals surface area contributed by atoms with Gasteiger partial charge in [-0.2, -0.15) is 0 Å². The van der Waals surface area contributed by atoms with Crippen molar-refractivity contribution in [2.45, 2.75) is 18.8 Å². The van der Waals surface area contributed by atoms with Gasteiger partial charge in [-0.1, -0.05) is 36.4 Å². The van der Waals surface area contributed by atoms with Crippen LogP contribution in [0.15, 0.2) is 48.5 Å². The summed E-state index contributed by atoms with van der Waals surface area (Å²) in [5, 5.41) is 22.0. The zero-order chi connectivity index (χ0) is 18.2. The van der Waals surface area contributed by atoms with Crippen molar-refractivity contribution in [2.24, 2.45) is 0 Å². The normalized spacial score (nSPS) is 13.0. The second kappa shape index (κ2) is 9.00. The summed E-state index contributed by atoms with van der Waals surface area (Å²) >= 11 is 0. The molecule has 2 rings (SSSR count). The number of hydrogen-bond acceptors (Lipinski definition) is 5. The lowest BCUT2D eigenvalue weighted by atomic mass is 10.0. The van der Waals surface area contributed by atoms with Crippen LogP contribution in [-0.2, 0) is 11.3 Å². The monoisotopic (exact) mass is 349 g/mol. The molecule has 0 spiro atoms. The van der Waals surface area contributed by atoms with Crippen molar-refractivity contribution >= 4 is 6.09 Å². The third kappa shape index (κ3) is 5.17. The van der Waals surface area contributed by atoms with E-state index in [2.05, 4.69) is 5.32 Å². The fourth-order valence-electron chi connectivity index (χ4n) is 2.24. The molecule has 2 atom stereocenters. The highest BCUT2D eigenvalue weighted by Gasteiger charge is 2.24. The number of benzene rings is 2. The molecule has 0 saturated carbocycles. The topological polar surface area (TPSA) is 88.0 Å². The van der Waals surface area contributed by atoms with Crippen LogP contribution in [0.2, 0.25) is 0 Å². The standard InChI is InChI=1S/C18H20FNO5/c1-24-16-8-7-13(9-14(16)19)17(22)15(10-21)20-18(23)25-11-12-5-3-2-4-6-12/h2-9,15,17,21-22H,10-11H2,1H3,(H,20,23)/t15-,17-/m1/s1. The van der Waals surface area contributed by atoms with Crippen molar-refractivity contribution in [3.8, 4) is 5.75 Å². The molecule has 0 saturated heterocycles. The Kier molecular flexibility index (Phi) is 6.73. The first kappa shape index (κ1) is 18.7. The number of aliphatic hydroxyl groups is 2. The van der Waals surface area contributed by atoms with Crippen molar-refractivity contribution < 1.29 is 28.9 Å². The van der Waals surface area contributed by atoms with Crippen molar-refractivity contribution in [1.29, 1.82) is 0 Å². The summed E-state index contributed by atoms with van der Waals surface area (Å²) in [5.41, 5.74) is 0.997. The van der Waals surface area contributed by atoms with E-state index >= 15 is 0 Å². The van der Waals surface area contributed by atoms with E-state index < -0.39 is 30.7 Å². The van der Waals surface area contributed by atoms with Gasteiger partial charge >= 0.3 is 6.09 Å². The Bertz CT molecular complexity index is 695. The maximum Gasteiger partial charge on any atom is 0.407 e. The zero-order valence-corrected chi connectivity index (χ0v) is 13.7. The largest absolute Gasteiger partial charge is 0.494 e. The molecule has 0 unspecified atom stereocenters. The van der Waals surface area contributed by atoms with Gasteiger partial charge in [-0.3, -0.25) is 0 Å². The quantitative estimate of drug-likeness (QED) is 0.713. The first-order valence-electron chi connectivity index (χ1n) is 7.64. The Morgan fingerprint density at radius 3 is 2.56 bits per heavy atom. The number of methoxy groups -OCH3 is 1. The third-order valence-electron chi connectivity index (χ3n) is 3.61. The Morgan fingerprint density at radius 2 is 1.96 bits per heavy atom. The van der Waals surface area contributed by atoms with E-state index in [1.165, 1.54) is 19.2 Å². The van der Waals surface area contributed by atoms with Crippen molar-refractivity contribution in [3.63, 3.8) is 0 Å². The van der Waals surface area contributed by atoms with Gasteiger partial charge in [-0.15, -0.1) is 0 Å². The number of rotatable bonds is 7. The molecular weight excluding hydrogens is 329 g/mol. The van der Waals surface area contributed by atoms with Gasteiger partial charge < -0.3 is 25.0 Å². The highest BCUT2D eigenvalue weighted by molar-refractivity contribution is 5.67. The van der Waals surface area contributed by atoms with Crippen molar-refractivity contribution in [2.75, 3.05) is 13.7 Å². The molecule has 25 heavy (non-hydrogen) atoms. The number of amides is 1. The van der Waals surface area contributed by atoms with Gasteiger partial charge in [0.1, 0.15) is 12.7 Å². The van der Waals surface area contributed by atoms with Crippen LogP contribution in [0, 0.1) is 5.82 Å². The van der Waals surface area contributed by atoms with Gasteiger partial charge in [0, 0.05) is 0 Å². The minimum Gasteiger partial charge on any atom is -0.494 e. The SMILES string of the molecule is COc1ccc([C@@H](O)[C@@H](CO)NC(=O)OCc2ccccc2)cc1F. The zero-order valence-electron chi connectivity index (χ0n) is 13.7. The maximum atomic E-state index is 13.7. The maximum absolute atomic E-state index is 13.7. The van der Waals surface area contributed by atoms with Crippen molar-refractivity contribution in [3.05, 3.63) is 65.5 Å². The van der Waals surface area contributed by atoms with Gasteiger partial charge in [0.15, 0.2) is 11.6 Å². The third-order valence-corrected chi connectivity index (χ3v) is 3.61. The number of carbonyl (C=O) groups is 1. The number of carbonyl (C=O) groups excluding carboxylic acids is 1. The van der Waals surface area contributed by atoms with Crippen molar-refractivity contribution in [1.82, 2.24) is 5.32 Å². The van der Waals surface area contributed by atoms with E-state index in [4.69, 9.17) is 9.47 Å². The minimum absolute atomic E-state index is 0.0340. The van der Waals surface area contributed by atoms with Crippen LogP contribution in [0.1, 0.15) is 17.2 Å². The first-order chi connectivity index (χ1) is 12.0. The molecule has 0 aliphatic carbocycles. The van der Waals surface area contributed by atoms with Gasteiger partial charge in [-0.05, 0) is 23.3 Å². The molecule has 0 radical (unpaired) electrons. The number of ether oxygens (including phenoxy) is 2. The van der Waals surface area contributed by atoms with E-state index in [1.807, 2.05) is 18.2 Å². The highest BCUT2D eigenvalue weighted by Crippen LogP contribution is 2.23. The van der Waals surface area contributed by atoms with Crippen LogP contribution >= 0.6 is 0 Å². The lowest BCUT2D eigenvalue weighted by Crippen LogP contribution is -2.42. The van der Waals surface area contributed by atoms with E-state index in [9.17, 15) is 19.4 Å². The summed E-state index contributed by atoms with van der Waals surface area (Å²) in [6, 6.07) is 11.9. The van der Waals surface area contributed by atoms with Gasteiger partial charge in [0.05, 0.1) is 19.8 Å². The average Bonchev–Trinajstić information content (AvgIpc) is 2.64. The van der Waals surface area contributed by atoms with E-state index in [0.29, 0.717) is 0 Å². The smallest absolute Gasteiger partial charge is 0.407 e. The predicted molar refractivity (Wildman–Crippen MR) is 88.5 cm³/mol. The van der Waals surface area contributed by atoms with Crippen LogP contribution in [-0.4, -0.2) is 36.1 Å². The lowest BCUT2D eigenvalue weighted by molar-refractivity contribution is 0.0761. The van der Waals surface area contributed by atoms with E-state index in [1.54, 1.807) is 12.1 Å². The molecule has 6 nitrogen and oxygen atoms in total. The van der Waals surface area contributed by atoms with Crippen LogP contribution in [0.5, 0.6) is 5.75 Å². The molecule has 2 aromatic rings. The summed E-state index contributed by atoms with van der Waals surface area (Å²) in [7, 11) is 1.33. The average molecular weight is 349 g/mol. The summed E-state index contributed by atoms with van der Waals surface area (Å²) in [6.07, 6.45) is -2.11. The van der Waals surface area contributed by atoms with Gasteiger partial charge in [-0.25, -0.2) is 9.18 Å². The van der Waals surface area contributed by atoms with Gasteiger partial charge in [0.2, 0.25) is 0 Å². The molecule has 0 bridgehead atoms. The predicted octanol–water partition coefficient (Wildman–Crippen LogP) is 2.16. The highest BCUT2D eigenvalue weighted by atomic mass is 19.1. The van der Waals surface area contributed by atoms with Crippen LogP contribution in [0.3, 0.4) is 0 Å². The molecule has 2 aromatic carbocycles. The number of nitrogens with one attached hydrogen (secondary N) is 1. The number of halogens is 1. The molecule has 0 fully saturated rings. The molecule has 0 aliphatic heterocycles. The van der Waals surface area contributed by atoms with Gasteiger partial charge in [0.25, 0.3) is 0 Å². The second-order valence-corrected chi connectivity index (χ2v) is 5.33. The molecule has 0 heterocycles. The molecule has 1 amide bonds. The van der Waals surface area contributed by atoms with E-state index in [-0.39, 0.29) is 17.9 Å². The Labute approximate surface area is 144 Å².